The SMILES string of the molecule is O=S(=O)(c1ccc(S(=O)(=O)N2CCC3(O)CCCCC3C2)cc1)N1CCCCC1. The maximum absolute atomic E-state index is 13.1. The van der Waals surface area contributed by atoms with Crippen molar-refractivity contribution in [1.82, 2.24) is 8.61 Å². The highest BCUT2D eigenvalue weighted by atomic mass is 32.2. The van der Waals surface area contributed by atoms with Gasteiger partial charge in [0.1, 0.15) is 0 Å². The molecule has 29 heavy (non-hydrogen) atoms. The van der Waals surface area contributed by atoms with Gasteiger partial charge in [0, 0.05) is 32.1 Å². The summed E-state index contributed by atoms with van der Waals surface area (Å²) in [5.41, 5.74) is -0.739. The molecule has 2 aliphatic heterocycles. The molecule has 3 aliphatic rings. The van der Waals surface area contributed by atoms with E-state index in [9.17, 15) is 21.9 Å². The van der Waals surface area contributed by atoms with E-state index in [1.54, 1.807) is 0 Å². The molecular weight excluding hydrogens is 412 g/mol. The molecule has 1 aromatic rings. The van der Waals surface area contributed by atoms with E-state index in [0.29, 0.717) is 32.6 Å². The van der Waals surface area contributed by atoms with E-state index < -0.39 is 25.6 Å². The summed E-state index contributed by atoms with van der Waals surface area (Å²) < 4.78 is 54.7. The van der Waals surface area contributed by atoms with Crippen molar-refractivity contribution in [2.45, 2.75) is 66.8 Å². The molecule has 4 rings (SSSR count). The van der Waals surface area contributed by atoms with Crippen LogP contribution in [0.4, 0.5) is 0 Å². The lowest BCUT2D eigenvalue weighted by molar-refractivity contribution is -0.0816. The van der Waals surface area contributed by atoms with Crippen molar-refractivity contribution in [2.75, 3.05) is 26.2 Å². The predicted octanol–water partition coefficient (Wildman–Crippen LogP) is 2.18. The summed E-state index contributed by atoms with van der Waals surface area (Å²) in [7, 11) is -7.29. The average Bonchev–Trinajstić information content (AvgIpc) is 2.73. The van der Waals surface area contributed by atoms with Gasteiger partial charge < -0.3 is 5.11 Å². The van der Waals surface area contributed by atoms with Gasteiger partial charge in [0.2, 0.25) is 20.0 Å². The molecule has 0 bridgehead atoms. The van der Waals surface area contributed by atoms with Crippen molar-refractivity contribution >= 4 is 20.0 Å². The van der Waals surface area contributed by atoms with Gasteiger partial charge in [-0.25, -0.2) is 16.8 Å². The Morgan fingerprint density at radius 3 is 1.97 bits per heavy atom. The Hall–Kier alpha value is -1.00. The highest BCUT2D eigenvalue weighted by Crippen LogP contribution is 2.41. The fourth-order valence-electron chi connectivity index (χ4n) is 4.95. The summed E-state index contributed by atoms with van der Waals surface area (Å²) in [6.45, 7) is 1.65. The minimum Gasteiger partial charge on any atom is -0.390 e. The van der Waals surface area contributed by atoms with Crippen molar-refractivity contribution in [1.29, 1.82) is 0 Å². The van der Waals surface area contributed by atoms with Gasteiger partial charge in [-0.05, 0) is 56.4 Å². The number of hydrogen-bond acceptors (Lipinski definition) is 5. The van der Waals surface area contributed by atoms with Gasteiger partial charge in [0.15, 0.2) is 0 Å². The van der Waals surface area contributed by atoms with Crippen LogP contribution in [0.5, 0.6) is 0 Å². The molecule has 2 unspecified atom stereocenters. The van der Waals surface area contributed by atoms with Gasteiger partial charge in [0.25, 0.3) is 0 Å². The number of sulfonamides is 2. The summed E-state index contributed by atoms with van der Waals surface area (Å²) in [4.78, 5) is 0.245. The van der Waals surface area contributed by atoms with Gasteiger partial charge in [0.05, 0.1) is 15.4 Å². The number of piperidine rings is 2. The highest BCUT2D eigenvalue weighted by molar-refractivity contribution is 7.89. The second-order valence-electron chi connectivity index (χ2n) is 8.60. The quantitative estimate of drug-likeness (QED) is 0.771. The van der Waals surface area contributed by atoms with Crippen molar-refractivity contribution in [3.63, 3.8) is 0 Å². The summed E-state index contributed by atoms with van der Waals surface area (Å²) in [5.74, 6) is -0.0291. The first kappa shape index (κ1) is 21.2. The minimum atomic E-state index is -3.71. The molecule has 0 spiro atoms. The molecule has 3 fully saturated rings. The van der Waals surface area contributed by atoms with Gasteiger partial charge >= 0.3 is 0 Å². The van der Waals surface area contributed by atoms with Crippen molar-refractivity contribution < 1.29 is 21.9 Å². The molecule has 0 amide bonds. The van der Waals surface area contributed by atoms with Crippen molar-refractivity contribution in [3.8, 4) is 0 Å². The fourth-order valence-corrected chi connectivity index (χ4v) is 7.95. The zero-order valence-corrected chi connectivity index (χ0v) is 18.3. The van der Waals surface area contributed by atoms with E-state index in [2.05, 4.69) is 0 Å². The molecule has 2 atom stereocenters. The Bertz CT molecular complexity index is 940. The molecule has 0 radical (unpaired) electrons. The lowest BCUT2D eigenvalue weighted by atomic mass is 9.72. The van der Waals surface area contributed by atoms with Crippen LogP contribution in [0.1, 0.15) is 51.4 Å². The van der Waals surface area contributed by atoms with Crippen LogP contribution in [0.25, 0.3) is 0 Å². The number of aliphatic hydroxyl groups is 1. The van der Waals surface area contributed by atoms with E-state index in [4.69, 9.17) is 0 Å². The Balaban J connectivity index is 1.52. The number of nitrogens with zero attached hydrogens (tertiary/aromatic N) is 2. The first-order chi connectivity index (χ1) is 13.7. The molecule has 9 heteroatoms. The highest BCUT2D eigenvalue weighted by Gasteiger charge is 2.45. The van der Waals surface area contributed by atoms with E-state index in [1.165, 1.54) is 32.9 Å². The molecular formula is C20H30N2O5S2. The number of benzene rings is 1. The van der Waals surface area contributed by atoms with E-state index in [0.717, 1.165) is 44.9 Å². The van der Waals surface area contributed by atoms with Gasteiger partial charge in [-0.15, -0.1) is 0 Å². The van der Waals surface area contributed by atoms with E-state index in [1.807, 2.05) is 0 Å². The van der Waals surface area contributed by atoms with Crippen LogP contribution in [0.15, 0.2) is 34.1 Å². The maximum atomic E-state index is 13.1. The number of fused-ring (bicyclic) bond motifs is 1. The lowest BCUT2D eigenvalue weighted by Gasteiger charge is -2.46. The molecule has 1 N–H and O–H groups in total. The Labute approximate surface area is 173 Å². The molecule has 0 aromatic heterocycles. The fraction of sp³-hybridized carbons (Fsp3) is 0.700. The van der Waals surface area contributed by atoms with Crippen LogP contribution in [-0.4, -0.2) is 62.3 Å². The summed E-state index contributed by atoms with van der Waals surface area (Å²) in [5, 5.41) is 10.8. The van der Waals surface area contributed by atoms with Crippen LogP contribution in [0.2, 0.25) is 0 Å². The molecule has 2 heterocycles. The number of rotatable bonds is 4. The third-order valence-electron chi connectivity index (χ3n) is 6.80. The summed E-state index contributed by atoms with van der Waals surface area (Å²) >= 11 is 0. The van der Waals surface area contributed by atoms with Crippen LogP contribution in [0, 0.1) is 5.92 Å². The van der Waals surface area contributed by atoms with Gasteiger partial charge in [-0.2, -0.15) is 8.61 Å². The van der Waals surface area contributed by atoms with Gasteiger partial charge in [-0.1, -0.05) is 19.3 Å². The van der Waals surface area contributed by atoms with Crippen LogP contribution < -0.4 is 0 Å². The van der Waals surface area contributed by atoms with Crippen molar-refractivity contribution in [2.24, 2.45) is 5.92 Å². The Morgan fingerprint density at radius 2 is 1.34 bits per heavy atom. The third kappa shape index (κ3) is 3.99. The van der Waals surface area contributed by atoms with Gasteiger partial charge in [-0.3, -0.25) is 0 Å². The second-order valence-corrected chi connectivity index (χ2v) is 12.5. The van der Waals surface area contributed by atoms with E-state index in [-0.39, 0.29) is 15.7 Å². The minimum absolute atomic E-state index is 0.0291. The first-order valence-corrected chi connectivity index (χ1v) is 13.4. The van der Waals surface area contributed by atoms with Crippen molar-refractivity contribution in [3.05, 3.63) is 24.3 Å². The summed E-state index contributed by atoms with van der Waals surface area (Å²) in [6, 6.07) is 5.59. The monoisotopic (exact) mass is 442 g/mol. The Morgan fingerprint density at radius 1 is 0.759 bits per heavy atom. The molecule has 2 saturated heterocycles. The third-order valence-corrected chi connectivity index (χ3v) is 10.6. The molecule has 7 nitrogen and oxygen atoms in total. The summed E-state index contributed by atoms with van der Waals surface area (Å²) in [6.07, 6.45) is 6.80. The molecule has 162 valence electrons. The van der Waals surface area contributed by atoms with E-state index >= 15 is 0 Å². The normalized spacial score (nSPS) is 30.0. The largest absolute Gasteiger partial charge is 0.390 e. The maximum Gasteiger partial charge on any atom is 0.243 e. The smallest absolute Gasteiger partial charge is 0.243 e. The first-order valence-electron chi connectivity index (χ1n) is 10.6. The molecule has 1 aliphatic carbocycles. The Kier molecular flexibility index (Phi) is 5.80. The molecule has 1 saturated carbocycles. The number of hydrogen-bond donors (Lipinski definition) is 1. The average molecular weight is 443 g/mol. The van der Waals surface area contributed by atoms with Crippen LogP contribution >= 0.6 is 0 Å². The topological polar surface area (TPSA) is 95.0 Å². The zero-order valence-electron chi connectivity index (χ0n) is 16.7. The predicted molar refractivity (Wildman–Crippen MR) is 109 cm³/mol. The lowest BCUT2D eigenvalue weighted by Crippen LogP contribution is -2.54. The van der Waals surface area contributed by atoms with Crippen LogP contribution in [-0.2, 0) is 20.0 Å². The zero-order chi connectivity index (χ0) is 20.7. The second kappa shape index (κ2) is 7.92. The molecule has 1 aromatic carbocycles. The standard InChI is InChI=1S/C20H30N2O5S2/c23-20-11-3-2-6-17(20)16-22(15-12-20)29(26,27)19-9-7-18(8-10-19)28(24,25)21-13-4-1-5-14-21/h7-10,17,23H,1-6,11-16H2. The van der Waals surface area contributed by atoms with Crippen LogP contribution in [0.3, 0.4) is 0 Å².